The minimum Gasteiger partial charge on any atom is -0.337 e. The molecule has 0 unspecified atom stereocenters. The molecule has 6 nitrogen and oxygen atoms in total. The number of hydrogen-bond donors (Lipinski definition) is 0. The number of imidazole rings is 1. The Kier molecular flexibility index (Phi) is 5.16. The van der Waals surface area contributed by atoms with Crippen LogP contribution in [0.15, 0.2) is 48.8 Å². The van der Waals surface area contributed by atoms with Gasteiger partial charge in [0.25, 0.3) is 5.91 Å². The second-order valence-electron chi connectivity index (χ2n) is 7.14. The summed E-state index contributed by atoms with van der Waals surface area (Å²) in [4.78, 5) is 26.2. The van der Waals surface area contributed by atoms with E-state index in [0.717, 1.165) is 55.9 Å². The summed E-state index contributed by atoms with van der Waals surface area (Å²) in [6, 6.07) is 11.9. The van der Waals surface area contributed by atoms with E-state index in [4.69, 9.17) is 0 Å². The van der Waals surface area contributed by atoms with Crippen LogP contribution in [0.3, 0.4) is 0 Å². The molecule has 0 spiro atoms. The van der Waals surface area contributed by atoms with Crippen molar-refractivity contribution in [3.63, 3.8) is 0 Å². The largest absolute Gasteiger partial charge is 0.337 e. The van der Waals surface area contributed by atoms with E-state index < -0.39 is 0 Å². The molecule has 0 aromatic carbocycles. The summed E-state index contributed by atoms with van der Waals surface area (Å²) in [6.07, 6.45) is 6.86. The van der Waals surface area contributed by atoms with Gasteiger partial charge in [-0.15, -0.1) is 0 Å². The van der Waals surface area contributed by atoms with Gasteiger partial charge in [-0.05, 0) is 44.2 Å². The first-order valence-electron chi connectivity index (χ1n) is 9.56. The van der Waals surface area contributed by atoms with Crippen LogP contribution in [-0.4, -0.2) is 56.8 Å². The molecule has 140 valence electrons. The molecule has 0 radical (unpaired) electrons. The van der Waals surface area contributed by atoms with Crippen LogP contribution in [0.1, 0.15) is 34.7 Å². The lowest BCUT2D eigenvalue weighted by atomic mass is 10.2. The number of fused-ring (bicyclic) bond motifs is 1. The molecule has 3 aromatic rings. The fourth-order valence-corrected chi connectivity index (χ4v) is 3.63. The van der Waals surface area contributed by atoms with Crippen molar-refractivity contribution >= 4 is 11.6 Å². The third-order valence-electron chi connectivity index (χ3n) is 5.12. The van der Waals surface area contributed by atoms with Crippen molar-refractivity contribution in [3.05, 3.63) is 65.9 Å². The lowest BCUT2D eigenvalue weighted by molar-refractivity contribution is 0.0785. The number of carbonyl (C=O) groups is 1. The highest BCUT2D eigenvalue weighted by atomic mass is 16.2. The maximum atomic E-state index is 13.0. The molecule has 27 heavy (non-hydrogen) atoms. The lowest BCUT2D eigenvalue weighted by Gasteiger charge is -2.19. The standard InChI is InChI=1S/C21H25N5O/c1-24(15-10-17-8-2-4-11-22-17)16-18-20(21(27)25-12-6-7-13-25)23-19-9-3-5-14-26(18)19/h2-5,8-9,11,14H,6-7,10,12-13,15-16H2,1H3. The minimum absolute atomic E-state index is 0.0596. The van der Waals surface area contributed by atoms with Gasteiger partial charge in [0.2, 0.25) is 0 Å². The van der Waals surface area contributed by atoms with Crippen LogP contribution < -0.4 is 0 Å². The first-order chi connectivity index (χ1) is 13.2. The van der Waals surface area contributed by atoms with Gasteiger partial charge in [-0.25, -0.2) is 4.98 Å². The lowest BCUT2D eigenvalue weighted by Crippen LogP contribution is -2.30. The van der Waals surface area contributed by atoms with E-state index >= 15 is 0 Å². The molecule has 1 aliphatic heterocycles. The molecule has 3 aromatic heterocycles. The minimum atomic E-state index is 0.0596. The van der Waals surface area contributed by atoms with E-state index in [1.54, 1.807) is 0 Å². The average Bonchev–Trinajstić information content (AvgIpc) is 3.36. The quantitative estimate of drug-likeness (QED) is 0.676. The Bertz CT molecular complexity index is 915. The SMILES string of the molecule is CN(CCc1ccccn1)Cc1c(C(=O)N2CCCC2)nc2ccccn12. The van der Waals surface area contributed by atoms with Crippen LogP contribution in [-0.2, 0) is 13.0 Å². The normalized spacial score (nSPS) is 14.4. The van der Waals surface area contributed by atoms with Gasteiger partial charge in [0.05, 0.1) is 5.69 Å². The molecule has 0 saturated carbocycles. The van der Waals surface area contributed by atoms with E-state index in [2.05, 4.69) is 21.9 Å². The molecule has 1 aliphatic rings. The van der Waals surface area contributed by atoms with Gasteiger partial charge in [0.15, 0.2) is 5.69 Å². The number of hydrogen-bond acceptors (Lipinski definition) is 4. The second kappa shape index (κ2) is 7.88. The van der Waals surface area contributed by atoms with Gasteiger partial charge in [-0.1, -0.05) is 12.1 Å². The highest BCUT2D eigenvalue weighted by Crippen LogP contribution is 2.19. The molecule has 1 amide bonds. The number of likely N-dealkylation sites (tertiary alicyclic amines) is 1. The topological polar surface area (TPSA) is 53.7 Å². The fourth-order valence-electron chi connectivity index (χ4n) is 3.63. The van der Waals surface area contributed by atoms with Crippen molar-refractivity contribution in [2.45, 2.75) is 25.8 Å². The van der Waals surface area contributed by atoms with Gasteiger partial charge in [-0.3, -0.25) is 9.78 Å². The number of rotatable bonds is 6. The smallest absolute Gasteiger partial charge is 0.274 e. The summed E-state index contributed by atoms with van der Waals surface area (Å²) in [5.74, 6) is 0.0596. The van der Waals surface area contributed by atoms with Gasteiger partial charge < -0.3 is 14.2 Å². The Morgan fingerprint density at radius 3 is 2.74 bits per heavy atom. The second-order valence-corrected chi connectivity index (χ2v) is 7.14. The van der Waals surface area contributed by atoms with Crippen LogP contribution >= 0.6 is 0 Å². The van der Waals surface area contributed by atoms with Gasteiger partial charge in [0.1, 0.15) is 5.65 Å². The first-order valence-corrected chi connectivity index (χ1v) is 9.56. The zero-order chi connectivity index (χ0) is 18.6. The summed E-state index contributed by atoms with van der Waals surface area (Å²) in [6.45, 7) is 3.21. The molecule has 4 rings (SSSR count). The van der Waals surface area contributed by atoms with Gasteiger partial charge >= 0.3 is 0 Å². The summed E-state index contributed by atoms with van der Waals surface area (Å²) < 4.78 is 2.04. The number of aromatic nitrogens is 3. The van der Waals surface area contributed by atoms with Crippen LogP contribution in [0.4, 0.5) is 0 Å². The van der Waals surface area contributed by atoms with Crippen molar-refractivity contribution in [1.82, 2.24) is 24.2 Å². The number of nitrogens with zero attached hydrogens (tertiary/aromatic N) is 5. The number of likely N-dealkylation sites (N-methyl/N-ethyl adjacent to an activating group) is 1. The summed E-state index contributed by atoms with van der Waals surface area (Å²) in [5, 5.41) is 0. The van der Waals surface area contributed by atoms with E-state index in [0.29, 0.717) is 12.2 Å². The van der Waals surface area contributed by atoms with Gasteiger partial charge in [-0.2, -0.15) is 0 Å². The molecule has 6 heteroatoms. The molecular weight excluding hydrogens is 338 g/mol. The third-order valence-corrected chi connectivity index (χ3v) is 5.12. The third kappa shape index (κ3) is 3.85. The Morgan fingerprint density at radius 2 is 1.96 bits per heavy atom. The summed E-state index contributed by atoms with van der Waals surface area (Å²) in [7, 11) is 2.08. The average molecular weight is 363 g/mol. The van der Waals surface area contributed by atoms with Crippen LogP contribution in [0, 0.1) is 0 Å². The fraction of sp³-hybridized carbons (Fsp3) is 0.381. The first kappa shape index (κ1) is 17.7. The molecule has 1 saturated heterocycles. The van der Waals surface area contributed by atoms with Crippen LogP contribution in [0.5, 0.6) is 0 Å². The number of amides is 1. The van der Waals surface area contributed by atoms with Crippen LogP contribution in [0.25, 0.3) is 5.65 Å². The van der Waals surface area contributed by atoms with E-state index in [-0.39, 0.29) is 5.91 Å². The molecule has 1 fully saturated rings. The van der Waals surface area contributed by atoms with Crippen molar-refractivity contribution in [1.29, 1.82) is 0 Å². The van der Waals surface area contributed by atoms with Crippen molar-refractivity contribution in [2.75, 3.05) is 26.7 Å². The van der Waals surface area contributed by atoms with Crippen molar-refractivity contribution in [3.8, 4) is 0 Å². The Morgan fingerprint density at radius 1 is 1.15 bits per heavy atom. The molecule has 0 atom stereocenters. The zero-order valence-corrected chi connectivity index (χ0v) is 15.7. The van der Waals surface area contributed by atoms with Crippen LogP contribution in [0.2, 0.25) is 0 Å². The Balaban J connectivity index is 1.55. The monoisotopic (exact) mass is 363 g/mol. The molecule has 4 heterocycles. The van der Waals surface area contributed by atoms with Gasteiger partial charge in [0, 0.05) is 50.7 Å². The molecule has 0 aliphatic carbocycles. The molecule has 0 bridgehead atoms. The Labute approximate surface area is 159 Å². The van der Waals surface area contributed by atoms with Crippen molar-refractivity contribution in [2.24, 2.45) is 0 Å². The predicted molar refractivity (Wildman–Crippen MR) is 105 cm³/mol. The Hall–Kier alpha value is -2.73. The maximum Gasteiger partial charge on any atom is 0.274 e. The number of pyridine rings is 2. The highest BCUT2D eigenvalue weighted by Gasteiger charge is 2.26. The number of carbonyl (C=O) groups excluding carboxylic acids is 1. The van der Waals surface area contributed by atoms with Crippen molar-refractivity contribution < 1.29 is 4.79 Å². The molecule has 0 N–H and O–H groups in total. The maximum absolute atomic E-state index is 13.0. The van der Waals surface area contributed by atoms with E-state index in [1.807, 2.05) is 58.1 Å². The predicted octanol–water partition coefficient (Wildman–Crippen LogP) is 2.64. The molecular formula is C21H25N5O. The highest BCUT2D eigenvalue weighted by molar-refractivity contribution is 5.94. The van der Waals surface area contributed by atoms with E-state index in [9.17, 15) is 4.79 Å². The summed E-state index contributed by atoms with van der Waals surface area (Å²) >= 11 is 0. The van der Waals surface area contributed by atoms with E-state index in [1.165, 1.54) is 0 Å². The summed E-state index contributed by atoms with van der Waals surface area (Å²) in [5.41, 5.74) is 3.46. The zero-order valence-electron chi connectivity index (χ0n) is 15.7.